The van der Waals surface area contributed by atoms with Crippen molar-refractivity contribution >= 4 is 5.82 Å². The van der Waals surface area contributed by atoms with E-state index in [0.717, 1.165) is 17.9 Å². The summed E-state index contributed by atoms with van der Waals surface area (Å²) in [6.45, 7) is 2.47. The number of hydrogen-bond acceptors (Lipinski definition) is 6. The molecule has 0 aromatic carbocycles. The Morgan fingerprint density at radius 3 is 2.96 bits per heavy atom. The highest BCUT2D eigenvalue weighted by Gasteiger charge is 2.35. The van der Waals surface area contributed by atoms with Gasteiger partial charge in [0, 0.05) is 31.1 Å². The number of nitriles is 1. The number of nitrogens with one attached hydrogen (secondary N) is 1. The first-order chi connectivity index (χ1) is 11.1. The molecule has 1 aliphatic rings. The van der Waals surface area contributed by atoms with Gasteiger partial charge in [-0.1, -0.05) is 0 Å². The number of aromatic nitrogens is 4. The number of pyridine rings is 1. The lowest BCUT2D eigenvalue weighted by molar-refractivity contribution is 0.137. The molecule has 0 bridgehead atoms. The molecular weight excluding hydrogens is 292 g/mol. The predicted octanol–water partition coefficient (Wildman–Crippen LogP) is 1.36. The van der Waals surface area contributed by atoms with E-state index in [4.69, 9.17) is 5.26 Å². The summed E-state index contributed by atoms with van der Waals surface area (Å²) >= 11 is 0. The second-order valence-electron chi connectivity index (χ2n) is 6.14. The summed E-state index contributed by atoms with van der Waals surface area (Å²) in [4.78, 5) is 4.37. The highest BCUT2D eigenvalue weighted by molar-refractivity contribution is 5.52. The standard InChI is InChI=1S/C16H20N6O/c1-10-3-4-11(7-17)15(20-10)18-8-13-5-12(6-14(13)23)16-21-19-9-22(16)2/h3-4,9,12-14,23H,5-6,8H2,1-2H3,(H,18,20)/t12-,13+,14+/m0/s1. The van der Waals surface area contributed by atoms with Crippen molar-refractivity contribution in [1.82, 2.24) is 19.7 Å². The van der Waals surface area contributed by atoms with Gasteiger partial charge in [0.05, 0.1) is 11.7 Å². The third-order valence-corrected chi connectivity index (χ3v) is 4.46. The molecule has 23 heavy (non-hydrogen) atoms. The summed E-state index contributed by atoms with van der Waals surface area (Å²) in [5, 5.41) is 30.8. The van der Waals surface area contributed by atoms with Crippen molar-refractivity contribution in [2.75, 3.05) is 11.9 Å². The SMILES string of the molecule is Cc1ccc(C#N)c(NC[C@H]2C[C@H](c3nncn3C)C[C@H]2O)n1. The lowest BCUT2D eigenvalue weighted by Gasteiger charge is -2.16. The molecule has 0 spiro atoms. The van der Waals surface area contributed by atoms with Gasteiger partial charge in [-0.2, -0.15) is 5.26 Å². The van der Waals surface area contributed by atoms with Crippen LogP contribution in [0.15, 0.2) is 18.5 Å². The maximum absolute atomic E-state index is 10.3. The zero-order valence-corrected chi connectivity index (χ0v) is 13.3. The fourth-order valence-electron chi connectivity index (χ4n) is 3.20. The third kappa shape index (κ3) is 3.17. The van der Waals surface area contributed by atoms with Gasteiger partial charge in [0.15, 0.2) is 0 Å². The molecule has 3 rings (SSSR count). The van der Waals surface area contributed by atoms with Gasteiger partial charge < -0.3 is 15.0 Å². The van der Waals surface area contributed by atoms with E-state index in [0.29, 0.717) is 24.3 Å². The molecule has 0 saturated heterocycles. The van der Waals surface area contributed by atoms with Crippen molar-refractivity contribution in [1.29, 1.82) is 5.26 Å². The Morgan fingerprint density at radius 1 is 1.43 bits per heavy atom. The summed E-state index contributed by atoms with van der Waals surface area (Å²) in [5.74, 6) is 1.82. The molecule has 0 unspecified atom stereocenters. The number of hydrogen-bond donors (Lipinski definition) is 2. The first-order valence-electron chi connectivity index (χ1n) is 7.72. The largest absolute Gasteiger partial charge is 0.393 e. The van der Waals surface area contributed by atoms with Gasteiger partial charge in [-0.15, -0.1) is 10.2 Å². The van der Waals surface area contributed by atoms with E-state index in [1.165, 1.54) is 0 Å². The summed E-state index contributed by atoms with van der Waals surface area (Å²) in [6, 6.07) is 5.72. The van der Waals surface area contributed by atoms with Crippen LogP contribution in [-0.2, 0) is 7.05 Å². The Labute approximate surface area is 135 Å². The molecule has 2 aromatic heterocycles. The van der Waals surface area contributed by atoms with Crippen molar-refractivity contribution in [3.63, 3.8) is 0 Å². The second kappa shape index (κ2) is 6.34. The summed E-state index contributed by atoms with van der Waals surface area (Å²) in [6.07, 6.45) is 2.82. The number of aliphatic hydroxyl groups is 1. The van der Waals surface area contributed by atoms with Crippen molar-refractivity contribution in [2.24, 2.45) is 13.0 Å². The minimum Gasteiger partial charge on any atom is -0.393 e. The molecule has 1 aliphatic carbocycles. The van der Waals surface area contributed by atoms with Crippen LogP contribution in [0.4, 0.5) is 5.82 Å². The zero-order valence-electron chi connectivity index (χ0n) is 13.3. The van der Waals surface area contributed by atoms with Crippen LogP contribution in [0.5, 0.6) is 0 Å². The van der Waals surface area contributed by atoms with Gasteiger partial charge in [-0.25, -0.2) is 4.98 Å². The fourth-order valence-corrected chi connectivity index (χ4v) is 3.20. The lowest BCUT2D eigenvalue weighted by Crippen LogP contribution is -2.22. The number of rotatable bonds is 4. The van der Waals surface area contributed by atoms with E-state index in [1.54, 1.807) is 12.4 Å². The monoisotopic (exact) mass is 312 g/mol. The minimum atomic E-state index is -0.389. The molecule has 0 aliphatic heterocycles. The van der Waals surface area contributed by atoms with Crippen molar-refractivity contribution < 1.29 is 5.11 Å². The molecular formula is C16H20N6O. The highest BCUT2D eigenvalue weighted by atomic mass is 16.3. The quantitative estimate of drug-likeness (QED) is 0.884. The Balaban J connectivity index is 1.66. The first kappa shape index (κ1) is 15.4. The Bertz CT molecular complexity index is 734. The zero-order chi connectivity index (χ0) is 16.4. The van der Waals surface area contributed by atoms with Crippen LogP contribution in [0.25, 0.3) is 0 Å². The van der Waals surface area contributed by atoms with Crippen molar-refractivity contribution in [2.45, 2.75) is 31.8 Å². The van der Waals surface area contributed by atoms with Crippen LogP contribution in [0.2, 0.25) is 0 Å². The van der Waals surface area contributed by atoms with Crippen LogP contribution in [0.3, 0.4) is 0 Å². The average molecular weight is 312 g/mol. The smallest absolute Gasteiger partial charge is 0.144 e. The number of nitrogens with zero attached hydrogens (tertiary/aromatic N) is 5. The topological polar surface area (TPSA) is 99.7 Å². The van der Waals surface area contributed by atoms with Gasteiger partial charge in [-0.3, -0.25) is 0 Å². The second-order valence-corrected chi connectivity index (χ2v) is 6.14. The molecule has 120 valence electrons. The molecule has 1 saturated carbocycles. The van der Waals surface area contributed by atoms with E-state index in [2.05, 4.69) is 26.6 Å². The Hall–Kier alpha value is -2.46. The molecule has 7 nitrogen and oxygen atoms in total. The summed E-state index contributed by atoms with van der Waals surface area (Å²) < 4.78 is 1.91. The van der Waals surface area contributed by atoms with E-state index in [-0.39, 0.29) is 17.9 Å². The van der Waals surface area contributed by atoms with E-state index in [1.807, 2.05) is 24.6 Å². The summed E-state index contributed by atoms with van der Waals surface area (Å²) in [5.41, 5.74) is 1.38. The van der Waals surface area contributed by atoms with Crippen LogP contribution >= 0.6 is 0 Å². The van der Waals surface area contributed by atoms with Gasteiger partial charge >= 0.3 is 0 Å². The third-order valence-electron chi connectivity index (χ3n) is 4.46. The maximum Gasteiger partial charge on any atom is 0.144 e. The van der Waals surface area contributed by atoms with E-state index >= 15 is 0 Å². The molecule has 2 aromatic rings. The van der Waals surface area contributed by atoms with Crippen LogP contribution in [0, 0.1) is 24.2 Å². The molecule has 1 fully saturated rings. The van der Waals surface area contributed by atoms with Crippen molar-refractivity contribution in [3.05, 3.63) is 35.5 Å². The van der Waals surface area contributed by atoms with E-state index < -0.39 is 0 Å². The van der Waals surface area contributed by atoms with Crippen LogP contribution < -0.4 is 5.32 Å². The predicted molar refractivity (Wildman–Crippen MR) is 84.7 cm³/mol. The molecule has 2 N–H and O–H groups in total. The van der Waals surface area contributed by atoms with E-state index in [9.17, 15) is 5.11 Å². The van der Waals surface area contributed by atoms with Crippen LogP contribution in [-0.4, -0.2) is 37.5 Å². The van der Waals surface area contributed by atoms with Crippen molar-refractivity contribution in [3.8, 4) is 6.07 Å². The Morgan fingerprint density at radius 2 is 2.26 bits per heavy atom. The molecule has 7 heteroatoms. The normalized spacial score (nSPS) is 23.7. The van der Waals surface area contributed by atoms with Gasteiger partial charge in [0.25, 0.3) is 0 Å². The lowest BCUT2D eigenvalue weighted by atomic mass is 10.0. The first-order valence-corrected chi connectivity index (χ1v) is 7.72. The highest BCUT2D eigenvalue weighted by Crippen LogP contribution is 2.37. The summed E-state index contributed by atoms with van der Waals surface area (Å²) in [7, 11) is 1.92. The molecule has 0 radical (unpaired) electrons. The number of aliphatic hydroxyl groups excluding tert-OH is 1. The van der Waals surface area contributed by atoms with Crippen LogP contribution in [0.1, 0.15) is 35.8 Å². The average Bonchev–Trinajstić information content (AvgIpc) is 3.11. The van der Waals surface area contributed by atoms with Gasteiger partial charge in [0.1, 0.15) is 24.0 Å². The minimum absolute atomic E-state index is 0.102. The van der Waals surface area contributed by atoms with Gasteiger partial charge in [-0.05, 0) is 31.9 Å². The number of aryl methyl sites for hydroxylation is 2. The fraction of sp³-hybridized carbons (Fsp3) is 0.500. The molecule has 3 atom stereocenters. The molecule has 0 amide bonds. The maximum atomic E-state index is 10.3. The Kier molecular flexibility index (Phi) is 4.26. The molecule has 2 heterocycles. The van der Waals surface area contributed by atoms with Gasteiger partial charge in [0.2, 0.25) is 0 Å². The number of anilines is 1.